The minimum absolute atomic E-state index is 0. The zero-order valence-corrected chi connectivity index (χ0v) is 11.2. The zero-order chi connectivity index (χ0) is 10.8. The lowest BCUT2D eigenvalue weighted by atomic mass is 9.94. The van der Waals surface area contributed by atoms with Gasteiger partial charge in [0.25, 0.3) is 0 Å². The van der Waals surface area contributed by atoms with Gasteiger partial charge in [0, 0.05) is 13.2 Å². The average molecular weight is 248 g/mol. The summed E-state index contributed by atoms with van der Waals surface area (Å²) >= 11 is 0. The van der Waals surface area contributed by atoms with Crippen LogP contribution in [0, 0.1) is 5.92 Å². The number of unbranched alkanes of at least 4 members (excludes halogenated alkanes) is 1. The highest BCUT2D eigenvalue weighted by atomic mass is 35.5. The van der Waals surface area contributed by atoms with Crippen molar-refractivity contribution in [3.63, 3.8) is 0 Å². The van der Waals surface area contributed by atoms with Gasteiger partial charge in [-0.1, -0.05) is 12.2 Å². The molecule has 0 spiro atoms. The molecule has 0 bridgehead atoms. The van der Waals surface area contributed by atoms with Crippen molar-refractivity contribution in [2.75, 3.05) is 26.3 Å². The molecule has 0 aliphatic heterocycles. The third kappa shape index (κ3) is 8.14. The van der Waals surface area contributed by atoms with Crippen LogP contribution in [0.5, 0.6) is 0 Å². The largest absolute Gasteiger partial charge is 0.382 e. The van der Waals surface area contributed by atoms with E-state index in [4.69, 9.17) is 4.74 Å². The van der Waals surface area contributed by atoms with Crippen molar-refractivity contribution in [3.8, 4) is 0 Å². The van der Waals surface area contributed by atoms with Crippen molar-refractivity contribution in [2.24, 2.45) is 5.92 Å². The normalized spacial score (nSPS) is 19.4. The van der Waals surface area contributed by atoms with Gasteiger partial charge in [0.1, 0.15) is 0 Å². The summed E-state index contributed by atoms with van der Waals surface area (Å²) < 4.78 is 5.29. The van der Waals surface area contributed by atoms with Gasteiger partial charge in [-0.05, 0) is 58.0 Å². The fourth-order valence-corrected chi connectivity index (χ4v) is 1.95. The molecule has 1 atom stereocenters. The number of nitrogens with one attached hydrogen (secondary N) is 1. The molecule has 16 heavy (non-hydrogen) atoms. The molecule has 1 aliphatic carbocycles. The second-order valence-electron chi connectivity index (χ2n) is 4.26. The molecule has 3 heteroatoms. The Morgan fingerprint density at radius 1 is 1.31 bits per heavy atom. The van der Waals surface area contributed by atoms with E-state index in [1.165, 1.54) is 38.6 Å². The summed E-state index contributed by atoms with van der Waals surface area (Å²) in [6, 6.07) is 0. The van der Waals surface area contributed by atoms with Crippen molar-refractivity contribution in [2.45, 2.75) is 39.0 Å². The van der Waals surface area contributed by atoms with Gasteiger partial charge in [-0.3, -0.25) is 0 Å². The van der Waals surface area contributed by atoms with E-state index in [9.17, 15) is 0 Å². The SMILES string of the molecule is CCOCCCCNCC1CC=CCC1.Cl. The Morgan fingerprint density at radius 3 is 2.88 bits per heavy atom. The topological polar surface area (TPSA) is 21.3 Å². The van der Waals surface area contributed by atoms with Gasteiger partial charge in [-0.2, -0.15) is 0 Å². The fourth-order valence-electron chi connectivity index (χ4n) is 1.95. The maximum atomic E-state index is 5.29. The number of rotatable bonds is 8. The number of ether oxygens (including phenoxy) is 1. The Balaban J connectivity index is 0.00000225. The summed E-state index contributed by atoms with van der Waals surface area (Å²) in [7, 11) is 0. The van der Waals surface area contributed by atoms with Crippen LogP contribution < -0.4 is 5.32 Å². The van der Waals surface area contributed by atoms with Gasteiger partial charge in [0.15, 0.2) is 0 Å². The molecule has 0 fully saturated rings. The van der Waals surface area contributed by atoms with Crippen LogP contribution in [0.1, 0.15) is 39.0 Å². The number of hydrogen-bond acceptors (Lipinski definition) is 2. The summed E-state index contributed by atoms with van der Waals surface area (Å²) in [5, 5.41) is 3.54. The van der Waals surface area contributed by atoms with Crippen molar-refractivity contribution < 1.29 is 4.74 Å². The van der Waals surface area contributed by atoms with Crippen molar-refractivity contribution in [1.82, 2.24) is 5.32 Å². The van der Waals surface area contributed by atoms with Crippen molar-refractivity contribution >= 4 is 12.4 Å². The van der Waals surface area contributed by atoms with Gasteiger partial charge in [-0.25, -0.2) is 0 Å². The first-order valence-corrected chi connectivity index (χ1v) is 6.37. The number of hydrogen-bond donors (Lipinski definition) is 1. The Morgan fingerprint density at radius 2 is 2.19 bits per heavy atom. The quantitative estimate of drug-likeness (QED) is 0.526. The molecule has 0 aromatic carbocycles. The van der Waals surface area contributed by atoms with E-state index >= 15 is 0 Å². The number of halogens is 1. The lowest BCUT2D eigenvalue weighted by Gasteiger charge is -2.18. The molecule has 96 valence electrons. The molecule has 1 aliphatic rings. The van der Waals surface area contributed by atoms with Gasteiger partial charge < -0.3 is 10.1 Å². The fraction of sp³-hybridized carbons (Fsp3) is 0.846. The molecule has 1 N–H and O–H groups in total. The van der Waals surface area contributed by atoms with Crippen LogP contribution in [0.2, 0.25) is 0 Å². The van der Waals surface area contributed by atoms with Gasteiger partial charge >= 0.3 is 0 Å². The monoisotopic (exact) mass is 247 g/mol. The van der Waals surface area contributed by atoms with Crippen LogP contribution >= 0.6 is 12.4 Å². The molecule has 0 heterocycles. The maximum Gasteiger partial charge on any atom is 0.0466 e. The summed E-state index contributed by atoms with van der Waals surface area (Å²) in [5.41, 5.74) is 0. The molecule has 0 aromatic heterocycles. The van der Waals surface area contributed by atoms with E-state index in [1.807, 2.05) is 0 Å². The van der Waals surface area contributed by atoms with Gasteiger partial charge in [0.05, 0.1) is 0 Å². The van der Waals surface area contributed by atoms with E-state index in [1.54, 1.807) is 0 Å². The summed E-state index contributed by atoms with van der Waals surface area (Å²) in [6.45, 7) is 6.16. The first kappa shape index (κ1) is 16.0. The summed E-state index contributed by atoms with van der Waals surface area (Å²) in [5.74, 6) is 0.877. The Kier molecular flexibility index (Phi) is 11.4. The Bertz CT molecular complexity index is 173. The molecule has 0 amide bonds. The first-order chi connectivity index (χ1) is 7.43. The van der Waals surface area contributed by atoms with Crippen molar-refractivity contribution in [3.05, 3.63) is 12.2 Å². The molecular weight excluding hydrogens is 222 g/mol. The lowest BCUT2D eigenvalue weighted by Crippen LogP contribution is -2.24. The Hall–Kier alpha value is -0.0500. The van der Waals surface area contributed by atoms with Crippen LogP contribution in [0.3, 0.4) is 0 Å². The summed E-state index contributed by atoms with van der Waals surface area (Å²) in [4.78, 5) is 0. The van der Waals surface area contributed by atoms with Gasteiger partial charge in [0.2, 0.25) is 0 Å². The van der Waals surface area contributed by atoms with E-state index in [2.05, 4.69) is 24.4 Å². The zero-order valence-electron chi connectivity index (χ0n) is 10.4. The summed E-state index contributed by atoms with van der Waals surface area (Å²) in [6.07, 6.45) is 11.0. The minimum Gasteiger partial charge on any atom is -0.382 e. The van der Waals surface area contributed by atoms with Crippen LogP contribution in [0.25, 0.3) is 0 Å². The third-order valence-electron chi connectivity index (χ3n) is 2.91. The highest BCUT2D eigenvalue weighted by Gasteiger charge is 2.08. The van der Waals surface area contributed by atoms with Crippen LogP contribution in [-0.2, 0) is 4.74 Å². The van der Waals surface area contributed by atoms with E-state index in [0.29, 0.717) is 0 Å². The molecule has 1 unspecified atom stereocenters. The highest BCUT2D eigenvalue weighted by molar-refractivity contribution is 5.85. The Labute approximate surface area is 106 Å². The molecule has 2 nitrogen and oxygen atoms in total. The molecule has 0 aromatic rings. The molecular formula is C13H26ClNO. The second-order valence-corrected chi connectivity index (χ2v) is 4.26. The van der Waals surface area contributed by atoms with Crippen LogP contribution in [0.15, 0.2) is 12.2 Å². The first-order valence-electron chi connectivity index (χ1n) is 6.37. The van der Waals surface area contributed by atoms with Crippen LogP contribution in [-0.4, -0.2) is 26.3 Å². The second kappa shape index (κ2) is 11.4. The van der Waals surface area contributed by atoms with E-state index < -0.39 is 0 Å². The van der Waals surface area contributed by atoms with Gasteiger partial charge in [-0.15, -0.1) is 12.4 Å². The average Bonchev–Trinajstić information content (AvgIpc) is 2.29. The predicted octanol–water partition coefficient (Wildman–Crippen LogP) is 3.17. The molecule has 0 saturated carbocycles. The van der Waals surface area contributed by atoms with Crippen molar-refractivity contribution in [1.29, 1.82) is 0 Å². The standard InChI is InChI=1S/C13H25NO.ClH/c1-2-15-11-7-6-10-14-12-13-8-4-3-5-9-13;/h3-4,13-14H,2,5-12H2,1H3;1H. The van der Waals surface area contributed by atoms with E-state index in [-0.39, 0.29) is 12.4 Å². The smallest absolute Gasteiger partial charge is 0.0466 e. The van der Waals surface area contributed by atoms with Crippen LogP contribution in [0.4, 0.5) is 0 Å². The number of allylic oxidation sites excluding steroid dienone is 2. The van der Waals surface area contributed by atoms with E-state index in [0.717, 1.165) is 25.7 Å². The molecule has 0 radical (unpaired) electrons. The maximum absolute atomic E-state index is 5.29. The third-order valence-corrected chi connectivity index (χ3v) is 2.91. The highest BCUT2D eigenvalue weighted by Crippen LogP contribution is 2.16. The molecule has 1 rings (SSSR count). The molecule has 0 saturated heterocycles. The predicted molar refractivity (Wildman–Crippen MR) is 72.3 cm³/mol. The lowest BCUT2D eigenvalue weighted by molar-refractivity contribution is 0.143. The minimum atomic E-state index is 0.